The fourth-order valence-corrected chi connectivity index (χ4v) is 2.79. The Morgan fingerprint density at radius 3 is 2.20 bits per heavy atom. The van der Waals surface area contributed by atoms with Crippen molar-refractivity contribution in [3.8, 4) is 11.5 Å². The zero-order chi connectivity index (χ0) is 18.8. The topological polar surface area (TPSA) is 59.0 Å². The highest BCUT2D eigenvalue weighted by atomic mass is 16.5. The molecule has 1 aromatic carbocycles. The first kappa shape index (κ1) is 21.0. The molecule has 1 aromatic rings. The summed E-state index contributed by atoms with van der Waals surface area (Å²) >= 11 is 0. The van der Waals surface area contributed by atoms with Crippen LogP contribution in [0.15, 0.2) is 29.3 Å². The third-order valence-corrected chi connectivity index (χ3v) is 4.32. The minimum atomic E-state index is 0.197. The van der Waals surface area contributed by atoms with E-state index in [0.29, 0.717) is 18.8 Å². The number of phenolic OH excluding ortho intramolecular Hbond substituents is 1. The molecule has 2 rings (SSSR count). The van der Waals surface area contributed by atoms with E-state index in [1.54, 1.807) is 19.2 Å². The average Bonchev–Trinajstić information content (AvgIpc) is 3.04. The summed E-state index contributed by atoms with van der Waals surface area (Å²) < 4.78 is 9.77. The number of hydrogen-bond donors (Lipinski definition) is 1. The second kappa shape index (κ2) is 10.8. The normalized spacial score (nSPS) is 13.6. The fourth-order valence-electron chi connectivity index (χ4n) is 2.79. The molecule has 1 aliphatic rings. The molecule has 0 radical (unpaired) electrons. The zero-order valence-electron chi connectivity index (χ0n) is 16.1. The Morgan fingerprint density at radius 1 is 1.16 bits per heavy atom. The van der Waals surface area contributed by atoms with E-state index in [4.69, 9.17) is 14.6 Å². The number of benzene rings is 1. The van der Waals surface area contributed by atoms with Crippen LogP contribution in [0.3, 0.4) is 0 Å². The van der Waals surface area contributed by atoms with E-state index >= 15 is 0 Å². The van der Waals surface area contributed by atoms with Gasteiger partial charge in [-0.1, -0.05) is 31.1 Å². The summed E-state index contributed by atoms with van der Waals surface area (Å²) in [5, 5.41) is 9.17. The maximum absolute atomic E-state index is 11.7. The molecule has 0 atom stereocenters. The Hall–Kier alpha value is -2.01. The van der Waals surface area contributed by atoms with Gasteiger partial charge in [0.25, 0.3) is 0 Å². The van der Waals surface area contributed by atoms with E-state index < -0.39 is 0 Å². The molecule has 1 aliphatic heterocycles. The molecule has 0 fully saturated rings. The van der Waals surface area contributed by atoms with Crippen LogP contribution in [0, 0.1) is 6.92 Å². The van der Waals surface area contributed by atoms with E-state index in [-0.39, 0.29) is 11.7 Å². The first-order valence-corrected chi connectivity index (χ1v) is 8.76. The van der Waals surface area contributed by atoms with Crippen LogP contribution < -0.4 is 4.74 Å². The van der Waals surface area contributed by atoms with Crippen molar-refractivity contribution in [3.63, 3.8) is 0 Å². The number of rotatable bonds is 6. The van der Waals surface area contributed by atoms with Crippen molar-refractivity contribution < 1.29 is 19.4 Å². The molecule has 5 heteroatoms. The maximum atomic E-state index is 11.7. The van der Waals surface area contributed by atoms with Crippen LogP contribution in [0.4, 0.5) is 0 Å². The van der Waals surface area contributed by atoms with Crippen molar-refractivity contribution in [2.24, 2.45) is 0 Å². The Labute approximate surface area is 151 Å². The van der Waals surface area contributed by atoms with E-state index in [9.17, 15) is 4.79 Å². The van der Waals surface area contributed by atoms with E-state index in [1.165, 1.54) is 18.3 Å². The highest BCUT2D eigenvalue weighted by Crippen LogP contribution is 2.25. The highest BCUT2D eigenvalue weighted by molar-refractivity contribution is 5.77. The Balaban J connectivity index is 0.000000271. The molecule has 0 saturated carbocycles. The monoisotopic (exact) mass is 349 g/mol. The molecule has 0 spiro atoms. The summed E-state index contributed by atoms with van der Waals surface area (Å²) in [5.41, 5.74) is 3.92. The number of nitrogens with zero attached hydrogens (tertiary/aromatic N) is 1. The summed E-state index contributed by atoms with van der Waals surface area (Å²) in [7, 11) is 3.16. The first-order chi connectivity index (χ1) is 12.0. The van der Waals surface area contributed by atoms with Crippen LogP contribution in [-0.4, -0.2) is 49.8 Å². The van der Waals surface area contributed by atoms with Gasteiger partial charge in [0.1, 0.15) is 0 Å². The van der Waals surface area contributed by atoms with E-state index in [0.717, 1.165) is 31.5 Å². The van der Waals surface area contributed by atoms with Crippen molar-refractivity contribution in [3.05, 3.63) is 34.9 Å². The maximum Gasteiger partial charge on any atom is 0.225 e. The first-order valence-electron chi connectivity index (χ1n) is 8.76. The molecular formula is C20H31NO4. The smallest absolute Gasteiger partial charge is 0.225 e. The van der Waals surface area contributed by atoms with Gasteiger partial charge in [0, 0.05) is 20.2 Å². The summed E-state index contributed by atoms with van der Waals surface area (Å²) in [6.07, 6.45) is 2.64. The van der Waals surface area contributed by atoms with Crippen molar-refractivity contribution >= 4 is 5.91 Å². The van der Waals surface area contributed by atoms with Crippen molar-refractivity contribution in [1.29, 1.82) is 0 Å². The number of aryl methyl sites for hydroxylation is 1. The van der Waals surface area contributed by atoms with Gasteiger partial charge in [-0.3, -0.25) is 4.79 Å². The third kappa shape index (κ3) is 6.42. The number of methoxy groups -OCH3 is 2. The van der Waals surface area contributed by atoms with Gasteiger partial charge in [0.2, 0.25) is 5.91 Å². The molecule has 0 aliphatic carbocycles. The lowest BCUT2D eigenvalue weighted by atomic mass is 10.1. The SMILES string of the molecule is CCC1=C(CC)CN(C(=O)CCOC)C1.COc1ccc(C)cc1O. The van der Waals surface area contributed by atoms with Gasteiger partial charge >= 0.3 is 0 Å². The lowest BCUT2D eigenvalue weighted by molar-refractivity contribution is -0.130. The second-order valence-electron chi connectivity index (χ2n) is 6.08. The van der Waals surface area contributed by atoms with Gasteiger partial charge < -0.3 is 19.5 Å². The van der Waals surface area contributed by atoms with Crippen LogP contribution in [0.25, 0.3) is 0 Å². The Bertz CT molecular complexity index is 579. The van der Waals surface area contributed by atoms with Gasteiger partial charge in [0.05, 0.1) is 20.1 Å². The summed E-state index contributed by atoms with van der Waals surface area (Å²) in [4.78, 5) is 13.7. The van der Waals surface area contributed by atoms with Gasteiger partial charge in [-0.25, -0.2) is 0 Å². The number of ether oxygens (including phenoxy) is 2. The number of carbonyl (C=O) groups excluding carboxylic acids is 1. The summed E-state index contributed by atoms with van der Waals surface area (Å²) in [5.74, 6) is 0.930. The van der Waals surface area contributed by atoms with Crippen LogP contribution in [0.1, 0.15) is 38.7 Å². The predicted molar refractivity (Wildman–Crippen MR) is 100 cm³/mol. The molecule has 25 heavy (non-hydrogen) atoms. The van der Waals surface area contributed by atoms with Crippen LogP contribution >= 0.6 is 0 Å². The van der Waals surface area contributed by atoms with Crippen LogP contribution in [0.2, 0.25) is 0 Å². The highest BCUT2D eigenvalue weighted by Gasteiger charge is 2.23. The van der Waals surface area contributed by atoms with Crippen LogP contribution in [0.5, 0.6) is 11.5 Å². The molecule has 0 saturated heterocycles. The molecule has 5 nitrogen and oxygen atoms in total. The fraction of sp³-hybridized carbons (Fsp3) is 0.550. The number of phenols is 1. The largest absolute Gasteiger partial charge is 0.504 e. The van der Waals surface area contributed by atoms with Crippen LogP contribution in [-0.2, 0) is 9.53 Å². The van der Waals surface area contributed by atoms with Crippen molar-refractivity contribution in [1.82, 2.24) is 4.90 Å². The number of aromatic hydroxyl groups is 1. The van der Waals surface area contributed by atoms with E-state index in [2.05, 4.69) is 13.8 Å². The molecule has 0 aromatic heterocycles. The molecule has 0 unspecified atom stereocenters. The standard InChI is InChI=1S/C12H21NO2.C8H10O2/c1-4-10-8-13(9-11(10)5-2)12(14)6-7-15-3;1-6-3-4-8(10-2)7(9)5-6/h4-9H2,1-3H3;3-5,9H,1-2H3. The Morgan fingerprint density at radius 2 is 1.76 bits per heavy atom. The second-order valence-corrected chi connectivity index (χ2v) is 6.08. The summed E-state index contributed by atoms with van der Waals surface area (Å²) in [6.45, 7) is 8.43. The lowest BCUT2D eigenvalue weighted by Gasteiger charge is -2.16. The van der Waals surface area contributed by atoms with Gasteiger partial charge in [-0.05, 0) is 37.5 Å². The third-order valence-electron chi connectivity index (χ3n) is 4.32. The van der Waals surface area contributed by atoms with Crippen molar-refractivity contribution in [2.45, 2.75) is 40.0 Å². The average molecular weight is 349 g/mol. The lowest BCUT2D eigenvalue weighted by Crippen LogP contribution is -2.30. The molecule has 1 amide bonds. The van der Waals surface area contributed by atoms with Gasteiger partial charge in [0.15, 0.2) is 11.5 Å². The molecule has 140 valence electrons. The Kier molecular flexibility index (Phi) is 9.06. The van der Waals surface area contributed by atoms with E-state index in [1.807, 2.05) is 17.9 Å². The predicted octanol–water partition coefficient (Wildman–Crippen LogP) is 3.69. The molecule has 1 heterocycles. The quantitative estimate of drug-likeness (QED) is 0.796. The molecule has 0 bridgehead atoms. The van der Waals surface area contributed by atoms with Gasteiger partial charge in [-0.2, -0.15) is 0 Å². The van der Waals surface area contributed by atoms with Gasteiger partial charge in [-0.15, -0.1) is 0 Å². The minimum absolute atomic E-state index is 0.197. The summed E-state index contributed by atoms with van der Waals surface area (Å²) in [6, 6.07) is 5.29. The zero-order valence-corrected chi connectivity index (χ0v) is 16.1. The minimum Gasteiger partial charge on any atom is -0.504 e. The molecular weight excluding hydrogens is 318 g/mol. The number of carbonyl (C=O) groups is 1. The number of amides is 1. The molecule has 1 N–H and O–H groups in total. The number of hydrogen-bond acceptors (Lipinski definition) is 4. The van der Waals surface area contributed by atoms with Crippen molar-refractivity contribution in [2.75, 3.05) is 33.9 Å².